The number of fused-ring (bicyclic) bond motifs is 2. The molecule has 2 aliphatic heterocycles. The van der Waals surface area contributed by atoms with Crippen molar-refractivity contribution in [3.8, 4) is 0 Å². The van der Waals surface area contributed by atoms with Gasteiger partial charge in [0.25, 0.3) is 0 Å². The van der Waals surface area contributed by atoms with Gasteiger partial charge in [-0.05, 0) is 37.8 Å². The van der Waals surface area contributed by atoms with Crippen LogP contribution < -0.4 is 5.32 Å². The summed E-state index contributed by atoms with van der Waals surface area (Å²) in [5, 5.41) is 3.74. The van der Waals surface area contributed by atoms with Crippen molar-refractivity contribution in [3.63, 3.8) is 0 Å². The zero-order valence-corrected chi connectivity index (χ0v) is 11.7. The Labute approximate surface area is 116 Å². The molecule has 0 spiro atoms. The number of nitrogens with one attached hydrogen (secondary N) is 1. The average Bonchev–Trinajstić information content (AvgIpc) is 2.70. The van der Waals surface area contributed by atoms with Crippen molar-refractivity contribution in [2.75, 3.05) is 19.6 Å². The van der Waals surface area contributed by atoms with Gasteiger partial charge in [-0.3, -0.25) is 0 Å². The summed E-state index contributed by atoms with van der Waals surface area (Å²) in [4.78, 5) is 2.64. The summed E-state index contributed by atoms with van der Waals surface area (Å²) in [6.07, 6.45) is 5.31. The monoisotopic (exact) mass is 266 g/mol. The topological polar surface area (TPSA) is 15.3 Å². The van der Waals surface area contributed by atoms with Gasteiger partial charge in [-0.25, -0.2) is 0 Å². The molecule has 2 aliphatic rings. The fourth-order valence-electron chi connectivity index (χ4n) is 3.15. The molecule has 2 saturated heterocycles. The van der Waals surface area contributed by atoms with E-state index in [1.54, 1.807) is 0 Å². The van der Waals surface area contributed by atoms with E-state index in [0.29, 0.717) is 0 Å². The van der Waals surface area contributed by atoms with Crippen molar-refractivity contribution in [2.24, 2.45) is 0 Å². The molecule has 0 aromatic heterocycles. The minimum Gasteiger partial charge on any atom is -0.310 e. The van der Waals surface area contributed by atoms with Crippen molar-refractivity contribution in [1.29, 1.82) is 0 Å². The van der Waals surface area contributed by atoms with Crippen LogP contribution in [0.1, 0.15) is 24.8 Å². The second kappa shape index (κ2) is 6.55. The highest BCUT2D eigenvalue weighted by molar-refractivity contribution is 5.85. The Kier molecular flexibility index (Phi) is 5.04. The number of nitrogens with zero attached hydrogens (tertiary/aromatic N) is 1. The lowest BCUT2D eigenvalue weighted by atomic mass is 10.1. The standard InChI is InChI=1S/C15H22N2.ClH/c1-2-4-13(5-3-1)8-10-17-11-9-14-6-7-15(12-17)16-14;/h1-5,14-16H,6-12H2;1H. The first kappa shape index (κ1) is 13.9. The first-order valence-corrected chi connectivity index (χ1v) is 6.92. The van der Waals surface area contributed by atoms with Gasteiger partial charge in [0.2, 0.25) is 0 Å². The largest absolute Gasteiger partial charge is 0.310 e. The molecule has 2 nitrogen and oxygen atoms in total. The van der Waals surface area contributed by atoms with Crippen LogP contribution in [0.25, 0.3) is 0 Å². The molecule has 100 valence electrons. The lowest BCUT2D eigenvalue weighted by molar-refractivity contribution is 0.262. The Balaban J connectivity index is 0.00000120. The summed E-state index contributed by atoms with van der Waals surface area (Å²) in [5.41, 5.74) is 1.47. The number of hydrogen-bond donors (Lipinski definition) is 1. The number of likely N-dealkylation sites (tertiary alicyclic amines) is 1. The molecule has 2 unspecified atom stereocenters. The van der Waals surface area contributed by atoms with Crippen LogP contribution in [-0.2, 0) is 6.42 Å². The van der Waals surface area contributed by atoms with E-state index >= 15 is 0 Å². The zero-order valence-electron chi connectivity index (χ0n) is 10.8. The van der Waals surface area contributed by atoms with Crippen LogP contribution >= 0.6 is 12.4 Å². The van der Waals surface area contributed by atoms with E-state index < -0.39 is 0 Å². The highest BCUT2D eigenvalue weighted by Gasteiger charge is 2.28. The van der Waals surface area contributed by atoms with Gasteiger partial charge < -0.3 is 10.2 Å². The molecule has 18 heavy (non-hydrogen) atoms. The third kappa shape index (κ3) is 3.47. The minimum atomic E-state index is 0. The van der Waals surface area contributed by atoms with E-state index in [1.807, 2.05) is 0 Å². The molecule has 1 aromatic carbocycles. The summed E-state index contributed by atoms with van der Waals surface area (Å²) >= 11 is 0. The molecule has 0 aliphatic carbocycles. The van der Waals surface area contributed by atoms with Crippen molar-refractivity contribution >= 4 is 12.4 Å². The third-order valence-corrected chi connectivity index (χ3v) is 4.17. The van der Waals surface area contributed by atoms with E-state index in [1.165, 1.54) is 50.9 Å². The second-order valence-electron chi connectivity index (χ2n) is 5.46. The van der Waals surface area contributed by atoms with Crippen LogP contribution in [0.15, 0.2) is 30.3 Å². The van der Waals surface area contributed by atoms with Gasteiger partial charge in [0.05, 0.1) is 0 Å². The highest BCUT2D eigenvalue weighted by Crippen LogP contribution is 2.20. The molecule has 0 amide bonds. The Bertz CT molecular complexity index is 355. The number of halogens is 1. The van der Waals surface area contributed by atoms with E-state index in [4.69, 9.17) is 0 Å². The number of benzene rings is 1. The molecule has 1 N–H and O–H groups in total. The van der Waals surface area contributed by atoms with Crippen molar-refractivity contribution in [3.05, 3.63) is 35.9 Å². The minimum absolute atomic E-state index is 0. The lowest BCUT2D eigenvalue weighted by Gasteiger charge is -2.23. The summed E-state index contributed by atoms with van der Waals surface area (Å²) in [7, 11) is 0. The molecule has 3 rings (SSSR count). The molecule has 2 fully saturated rings. The van der Waals surface area contributed by atoms with Gasteiger partial charge in [0, 0.05) is 25.2 Å². The normalized spacial score (nSPS) is 27.6. The maximum Gasteiger partial charge on any atom is 0.0198 e. The SMILES string of the molecule is Cl.c1ccc(CCN2CCC3CCC(C2)N3)cc1. The average molecular weight is 267 g/mol. The Hall–Kier alpha value is -0.570. The van der Waals surface area contributed by atoms with Crippen LogP contribution in [0.3, 0.4) is 0 Å². The predicted molar refractivity (Wildman–Crippen MR) is 78.4 cm³/mol. The molecular weight excluding hydrogens is 244 g/mol. The summed E-state index contributed by atoms with van der Waals surface area (Å²) in [5.74, 6) is 0. The van der Waals surface area contributed by atoms with Crippen LogP contribution in [0.5, 0.6) is 0 Å². The maximum absolute atomic E-state index is 3.74. The molecule has 0 saturated carbocycles. The van der Waals surface area contributed by atoms with Gasteiger partial charge in [-0.2, -0.15) is 0 Å². The molecule has 3 heteroatoms. The Morgan fingerprint density at radius 1 is 1.06 bits per heavy atom. The van der Waals surface area contributed by atoms with Crippen molar-refractivity contribution in [2.45, 2.75) is 37.8 Å². The molecule has 2 heterocycles. The lowest BCUT2D eigenvalue weighted by Crippen LogP contribution is -2.36. The Morgan fingerprint density at radius 2 is 1.83 bits per heavy atom. The zero-order chi connectivity index (χ0) is 11.5. The van der Waals surface area contributed by atoms with Crippen molar-refractivity contribution < 1.29 is 0 Å². The summed E-state index contributed by atoms with van der Waals surface area (Å²) in [6, 6.07) is 12.4. The fraction of sp³-hybridized carbons (Fsp3) is 0.600. The maximum atomic E-state index is 3.74. The number of rotatable bonds is 3. The number of hydrogen-bond acceptors (Lipinski definition) is 2. The van der Waals surface area contributed by atoms with Crippen LogP contribution in [0.2, 0.25) is 0 Å². The first-order chi connectivity index (χ1) is 8.40. The van der Waals surface area contributed by atoms with Crippen molar-refractivity contribution in [1.82, 2.24) is 10.2 Å². The predicted octanol–water partition coefficient (Wildman–Crippen LogP) is 2.48. The van der Waals surface area contributed by atoms with Crippen LogP contribution in [-0.4, -0.2) is 36.6 Å². The van der Waals surface area contributed by atoms with Crippen LogP contribution in [0.4, 0.5) is 0 Å². The first-order valence-electron chi connectivity index (χ1n) is 6.92. The van der Waals surface area contributed by atoms with Gasteiger partial charge in [0.15, 0.2) is 0 Å². The molecule has 2 bridgehead atoms. The molecule has 2 atom stereocenters. The quantitative estimate of drug-likeness (QED) is 0.904. The van der Waals surface area contributed by atoms with E-state index in [9.17, 15) is 0 Å². The van der Waals surface area contributed by atoms with E-state index in [0.717, 1.165) is 12.1 Å². The smallest absolute Gasteiger partial charge is 0.0198 e. The van der Waals surface area contributed by atoms with Gasteiger partial charge in [0.1, 0.15) is 0 Å². The molecule has 1 aromatic rings. The summed E-state index contributed by atoms with van der Waals surface area (Å²) in [6.45, 7) is 3.75. The summed E-state index contributed by atoms with van der Waals surface area (Å²) < 4.78 is 0. The van der Waals surface area contributed by atoms with Gasteiger partial charge in [-0.1, -0.05) is 30.3 Å². The second-order valence-corrected chi connectivity index (χ2v) is 5.46. The van der Waals surface area contributed by atoms with Crippen LogP contribution in [0, 0.1) is 0 Å². The Morgan fingerprint density at radius 3 is 2.67 bits per heavy atom. The van der Waals surface area contributed by atoms with E-state index in [-0.39, 0.29) is 12.4 Å². The van der Waals surface area contributed by atoms with Gasteiger partial charge >= 0.3 is 0 Å². The third-order valence-electron chi connectivity index (χ3n) is 4.17. The molecule has 0 radical (unpaired) electrons. The van der Waals surface area contributed by atoms with Gasteiger partial charge in [-0.15, -0.1) is 12.4 Å². The van der Waals surface area contributed by atoms with E-state index in [2.05, 4.69) is 40.5 Å². The molecular formula is C15H23ClN2. The fourth-order valence-corrected chi connectivity index (χ4v) is 3.15. The highest BCUT2D eigenvalue weighted by atomic mass is 35.5.